The van der Waals surface area contributed by atoms with Gasteiger partial charge in [-0.25, -0.2) is 0 Å². The van der Waals surface area contributed by atoms with E-state index in [1.165, 1.54) is 154 Å². The minimum absolute atomic E-state index is 0.0780. The third-order valence-corrected chi connectivity index (χ3v) is 11.6. The number of ether oxygens (including phenoxy) is 3. The Morgan fingerprint density at radius 3 is 0.952 bits per heavy atom. The maximum atomic E-state index is 12.8. The fraction of sp³-hybridized carbons (Fsp3) is 0.804. The molecule has 0 spiro atoms. The van der Waals surface area contributed by atoms with Crippen molar-refractivity contribution in [1.82, 2.24) is 0 Å². The molecule has 6 nitrogen and oxygen atoms in total. The first-order valence-electron chi connectivity index (χ1n) is 26.6. The van der Waals surface area contributed by atoms with Crippen LogP contribution in [0.4, 0.5) is 0 Å². The van der Waals surface area contributed by atoms with E-state index >= 15 is 0 Å². The average molecular weight is 869 g/mol. The Balaban J connectivity index is 4.26. The molecule has 0 aliphatic heterocycles. The zero-order chi connectivity index (χ0) is 45.1. The van der Waals surface area contributed by atoms with Gasteiger partial charge in [0, 0.05) is 19.3 Å². The van der Waals surface area contributed by atoms with Crippen LogP contribution in [0.3, 0.4) is 0 Å². The van der Waals surface area contributed by atoms with Gasteiger partial charge in [-0.1, -0.05) is 217 Å². The summed E-state index contributed by atoms with van der Waals surface area (Å²) < 4.78 is 16.7. The van der Waals surface area contributed by atoms with E-state index in [0.717, 1.165) is 77.0 Å². The molecular formula is C56H100O6. The molecule has 0 aliphatic carbocycles. The molecule has 0 saturated carbocycles. The SMILES string of the molecule is CCCCC/C=C\C/C=C\C/C=C\CCCCCCCCC(=O)OCC(COC(=O)CCCCCCCCC)OC(=O)CCCCCCCCC/C=C\CCCCCCCCC. The van der Waals surface area contributed by atoms with E-state index in [-0.39, 0.29) is 31.1 Å². The molecule has 0 bridgehead atoms. The minimum atomic E-state index is -0.777. The molecule has 0 radical (unpaired) electrons. The Morgan fingerprint density at radius 2 is 0.581 bits per heavy atom. The Labute approximate surface area is 384 Å². The Hall–Kier alpha value is -2.63. The van der Waals surface area contributed by atoms with Gasteiger partial charge in [-0.3, -0.25) is 14.4 Å². The second-order valence-corrected chi connectivity index (χ2v) is 17.8. The monoisotopic (exact) mass is 869 g/mol. The van der Waals surface area contributed by atoms with E-state index < -0.39 is 6.10 Å². The molecule has 0 fully saturated rings. The number of unbranched alkanes of at least 4 members (excludes halogenated alkanes) is 29. The highest BCUT2D eigenvalue weighted by Gasteiger charge is 2.19. The van der Waals surface area contributed by atoms with Crippen LogP contribution >= 0.6 is 0 Å². The summed E-state index contributed by atoms with van der Waals surface area (Å²) in [5, 5.41) is 0. The van der Waals surface area contributed by atoms with Crippen LogP contribution in [0.25, 0.3) is 0 Å². The topological polar surface area (TPSA) is 78.9 Å². The standard InChI is InChI=1S/C56H100O6/c1-4-7-10-13-16-18-20-22-24-26-28-30-31-33-35-37-40-43-46-49-55(58)61-52-53(51-60-54(57)48-45-42-39-15-12-9-6-3)62-56(59)50-47-44-41-38-36-34-32-29-27-25-23-21-19-17-14-11-8-5-2/h16,18,22,24-25,27-28,30,53H,4-15,17,19-21,23,26,29,31-52H2,1-3H3/b18-16-,24-22-,27-25-,30-28-. The first-order valence-corrected chi connectivity index (χ1v) is 26.6. The summed E-state index contributed by atoms with van der Waals surface area (Å²) in [6.07, 6.45) is 61.1. The number of carbonyl (C=O) groups is 3. The quantitative estimate of drug-likeness (QED) is 0.0262. The molecule has 1 unspecified atom stereocenters. The molecule has 0 amide bonds. The number of rotatable bonds is 48. The number of carbonyl (C=O) groups excluding carboxylic acids is 3. The van der Waals surface area contributed by atoms with Crippen LogP contribution in [0.15, 0.2) is 48.6 Å². The lowest BCUT2D eigenvalue weighted by Crippen LogP contribution is -2.30. The Kier molecular flexibility index (Phi) is 48.8. The molecule has 0 aliphatic rings. The van der Waals surface area contributed by atoms with Crippen molar-refractivity contribution in [2.75, 3.05) is 13.2 Å². The van der Waals surface area contributed by atoms with Crippen LogP contribution in [-0.2, 0) is 28.6 Å². The third kappa shape index (κ3) is 48.4. The lowest BCUT2D eigenvalue weighted by molar-refractivity contribution is -0.167. The molecule has 0 aromatic heterocycles. The van der Waals surface area contributed by atoms with Crippen LogP contribution in [0, 0.1) is 0 Å². The average Bonchev–Trinajstić information content (AvgIpc) is 3.27. The van der Waals surface area contributed by atoms with Crippen LogP contribution in [-0.4, -0.2) is 37.2 Å². The maximum absolute atomic E-state index is 12.8. The summed E-state index contributed by atoms with van der Waals surface area (Å²) >= 11 is 0. The van der Waals surface area contributed by atoms with Gasteiger partial charge in [-0.15, -0.1) is 0 Å². The highest BCUT2D eigenvalue weighted by Crippen LogP contribution is 2.15. The largest absolute Gasteiger partial charge is 0.462 e. The van der Waals surface area contributed by atoms with Crippen molar-refractivity contribution in [3.63, 3.8) is 0 Å². The molecule has 0 aromatic carbocycles. The molecule has 360 valence electrons. The second-order valence-electron chi connectivity index (χ2n) is 17.8. The number of esters is 3. The minimum Gasteiger partial charge on any atom is -0.462 e. The zero-order valence-electron chi connectivity index (χ0n) is 41.1. The molecule has 0 saturated heterocycles. The van der Waals surface area contributed by atoms with Crippen LogP contribution in [0.5, 0.6) is 0 Å². The van der Waals surface area contributed by atoms with Gasteiger partial charge in [0.25, 0.3) is 0 Å². The maximum Gasteiger partial charge on any atom is 0.306 e. The van der Waals surface area contributed by atoms with Crippen LogP contribution < -0.4 is 0 Å². The van der Waals surface area contributed by atoms with Gasteiger partial charge in [0.2, 0.25) is 0 Å². The van der Waals surface area contributed by atoms with Gasteiger partial charge in [0.05, 0.1) is 0 Å². The van der Waals surface area contributed by atoms with Gasteiger partial charge in [0.1, 0.15) is 13.2 Å². The Morgan fingerprint density at radius 1 is 0.323 bits per heavy atom. The lowest BCUT2D eigenvalue weighted by atomic mass is 10.1. The lowest BCUT2D eigenvalue weighted by Gasteiger charge is -2.18. The van der Waals surface area contributed by atoms with Crippen LogP contribution in [0.1, 0.15) is 271 Å². The molecule has 0 rings (SSSR count). The third-order valence-electron chi connectivity index (χ3n) is 11.6. The van der Waals surface area contributed by atoms with E-state index in [1.54, 1.807) is 0 Å². The van der Waals surface area contributed by atoms with Crippen molar-refractivity contribution in [3.05, 3.63) is 48.6 Å². The first-order chi connectivity index (χ1) is 30.5. The van der Waals surface area contributed by atoms with Gasteiger partial charge in [-0.05, 0) is 83.5 Å². The molecular weight excluding hydrogens is 769 g/mol. The predicted octanol–water partition coefficient (Wildman–Crippen LogP) is 17.5. The first kappa shape index (κ1) is 59.4. The highest BCUT2D eigenvalue weighted by molar-refractivity contribution is 5.71. The molecule has 62 heavy (non-hydrogen) atoms. The molecule has 0 N–H and O–H groups in total. The van der Waals surface area contributed by atoms with Crippen molar-refractivity contribution in [3.8, 4) is 0 Å². The molecule has 1 atom stereocenters. The number of allylic oxidation sites excluding steroid dienone is 8. The van der Waals surface area contributed by atoms with E-state index in [2.05, 4.69) is 69.4 Å². The zero-order valence-corrected chi connectivity index (χ0v) is 41.1. The normalized spacial score (nSPS) is 12.4. The van der Waals surface area contributed by atoms with E-state index in [9.17, 15) is 14.4 Å². The summed E-state index contributed by atoms with van der Waals surface area (Å²) in [5.74, 6) is -0.894. The smallest absolute Gasteiger partial charge is 0.306 e. The summed E-state index contributed by atoms with van der Waals surface area (Å²) in [6, 6.07) is 0. The summed E-state index contributed by atoms with van der Waals surface area (Å²) in [4.78, 5) is 37.8. The number of hydrogen-bond acceptors (Lipinski definition) is 6. The predicted molar refractivity (Wildman–Crippen MR) is 265 cm³/mol. The summed E-state index contributed by atoms with van der Waals surface area (Å²) in [6.45, 7) is 6.57. The summed E-state index contributed by atoms with van der Waals surface area (Å²) in [5.41, 5.74) is 0. The van der Waals surface area contributed by atoms with E-state index in [0.29, 0.717) is 19.3 Å². The molecule has 0 heterocycles. The van der Waals surface area contributed by atoms with Crippen molar-refractivity contribution >= 4 is 17.9 Å². The number of hydrogen-bond donors (Lipinski definition) is 0. The Bertz CT molecular complexity index is 1090. The fourth-order valence-corrected chi connectivity index (χ4v) is 7.50. The van der Waals surface area contributed by atoms with Gasteiger partial charge in [0.15, 0.2) is 6.10 Å². The van der Waals surface area contributed by atoms with Crippen LogP contribution in [0.2, 0.25) is 0 Å². The van der Waals surface area contributed by atoms with E-state index in [4.69, 9.17) is 14.2 Å². The second kappa shape index (κ2) is 51.0. The van der Waals surface area contributed by atoms with Crippen molar-refractivity contribution in [2.45, 2.75) is 277 Å². The van der Waals surface area contributed by atoms with Gasteiger partial charge in [-0.2, -0.15) is 0 Å². The van der Waals surface area contributed by atoms with E-state index in [1.807, 2.05) is 0 Å². The van der Waals surface area contributed by atoms with Gasteiger partial charge < -0.3 is 14.2 Å². The van der Waals surface area contributed by atoms with Crippen molar-refractivity contribution < 1.29 is 28.6 Å². The fourth-order valence-electron chi connectivity index (χ4n) is 7.50. The molecule has 0 aromatic rings. The summed E-state index contributed by atoms with van der Waals surface area (Å²) in [7, 11) is 0. The van der Waals surface area contributed by atoms with Crippen molar-refractivity contribution in [1.29, 1.82) is 0 Å². The highest BCUT2D eigenvalue weighted by atomic mass is 16.6. The van der Waals surface area contributed by atoms with Gasteiger partial charge >= 0.3 is 17.9 Å². The molecule has 6 heteroatoms. The van der Waals surface area contributed by atoms with Crippen molar-refractivity contribution in [2.24, 2.45) is 0 Å².